The van der Waals surface area contributed by atoms with Crippen molar-refractivity contribution in [3.63, 3.8) is 0 Å². The molecule has 146 valence electrons. The molecule has 1 N–H and O–H groups in total. The molecule has 0 spiro atoms. The van der Waals surface area contributed by atoms with Gasteiger partial charge in [-0.15, -0.1) is 0 Å². The Balaban J connectivity index is 1.50. The van der Waals surface area contributed by atoms with Gasteiger partial charge < -0.3 is 10.1 Å². The van der Waals surface area contributed by atoms with E-state index in [-0.39, 0.29) is 11.4 Å². The summed E-state index contributed by atoms with van der Waals surface area (Å²) in [7, 11) is 0. The predicted octanol–water partition coefficient (Wildman–Crippen LogP) is 3.33. The highest BCUT2D eigenvalue weighted by atomic mass is 32.2. The molecule has 1 amide bonds. The van der Waals surface area contributed by atoms with E-state index in [1.165, 1.54) is 42.5 Å². The van der Waals surface area contributed by atoms with E-state index in [1.807, 2.05) is 0 Å². The van der Waals surface area contributed by atoms with Gasteiger partial charge in [0.1, 0.15) is 0 Å². The lowest BCUT2D eigenvalue weighted by molar-refractivity contribution is -0.384. The van der Waals surface area contributed by atoms with E-state index in [2.05, 4.69) is 15.3 Å². The quantitative estimate of drug-likeness (QED) is 0.357. The van der Waals surface area contributed by atoms with Gasteiger partial charge in [-0.05, 0) is 36.4 Å². The van der Waals surface area contributed by atoms with E-state index < -0.39 is 23.4 Å². The third-order valence-corrected chi connectivity index (χ3v) is 4.54. The Hall–Kier alpha value is -3.79. The molecule has 10 heteroatoms. The number of hydrogen-bond donors (Lipinski definition) is 1. The van der Waals surface area contributed by atoms with E-state index in [4.69, 9.17) is 4.74 Å². The number of ether oxygens (including phenoxy) is 1. The maximum absolute atomic E-state index is 11.9. The number of carbonyl (C=O) groups is 2. The van der Waals surface area contributed by atoms with Crippen LogP contribution in [0, 0.1) is 10.1 Å². The van der Waals surface area contributed by atoms with E-state index in [0.717, 1.165) is 9.79 Å². The lowest BCUT2D eigenvalue weighted by Crippen LogP contribution is -2.21. The third-order valence-electron chi connectivity index (χ3n) is 3.53. The Labute approximate surface area is 169 Å². The van der Waals surface area contributed by atoms with Crippen molar-refractivity contribution < 1.29 is 19.2 Å². The first-order chi connectivity index (χ1) is 14.0. The summed E-state index contributed by atoms with van der Waals surface area (Å²) >= 11 is 1.43. The number of aromatic nitrogens is 2. The Bertz CT molecular complexity index is 1010. The minimum absolute atomic E-state index is 0.0212. The summed E-state index contributed by atoms with van der Waals surface area (Å²) in [6.07, 6.45) is 4.03. The van der Waals surface area contributed by atoms with Crippen molar-refractivity contribution in [2.45, 2.75) is 9.79 Å². The van der Waals surface area contributed by atoms with Gasteiger partial charge in [-0.2, -0.15) is 0 Å². The van der Waals surface area contributed by atoms with Crippen molar-refractivity contribution in [3.05, 3.63) is 82.9 Å². The molecule has 0 unspecified atom stereocenters. The van der Waals surface area contributed by atoms with Gasteiger partial charge in [0.25, 0.3) is 11.6 Å². The molecule has 1 heterocycles. The monoisotopic (exact) mass is 410 g/mol. The molecule has 0 saturated carbocycles. The van der Waals surface area contributed by atoms with E-state index >= 15 is 0 Å². The summed E-state index contributed by atoms with van der Waals surface area (Å²) in [5.74, 6) is -1.22. The topological polar surface area (TPSA) is 124 Å². The Morgan fingerprint density at radius 3 is 2.28 bits per heavy atom. The number of carbonyl (C=O) groups excluding carboxylic acids is 2. The van der Waals surface area contributed by atoms with Crippen LogP contribution in [-0.4, -0.2) is 33.4 Å². The number of hydrogen-bond acceptors (Lipinski definition) is 8. The van der Waals surface area contributed by atoms with Crippen molar-refractivity contribution in [3.8, 4) is 0 Å². The molecular weight excluding hydrogens is 396 g/mol. The fraction of sp³-hybridized carbons (Fsp3) is 0.0526. The second-order valence-corrected chi connectivity index (χ2v) is 6.74. The van der Waals surface area contributed by atoms with Gasteiger partial charge in [-0.1, -0.05) is 11.8 Å². The van der Waals surface area contributed by atoms with Crippen LogP contribution in [0.5, 0.6) is 0 Å². The molecule has 0 atom stereocenters. The summed E-state index contributed by atoms with van der Waals surface area (Å²) in [5.41, 5.74) is 0.596. The van der Waals surface area contributed by atoms with Crippen LogP contribution in [0.15, 0.2) is 76.9 Å². The second-order valence-electron chi connectivity index (χ2n) is 5.59. The number of benzene rings is 2. The predicted molar refractivity (Wildman–Crippen MR) is 105 cm³/mol. The Kier molecular flexibility index (Phi) is 6.48. The minimum atomic E-state index is -0.733. The fourth-order valence-electron chi connectivity index (χ4n) is 2.18. The van der Waals surface area contributed by atoms with E-state index in [9.17, 15) is 19.7 Å². The number of rotatable bonds is 7. The van der Waals surface area contributed by atoms with Crippen molar-refractivity contribution in [1.29, 1.82) is 0 Å². The van der Waals surface area contributed by atoms with Gasteiger partial charge in [-0.3, -0.25) is 19.9 Å². The van der Waals surface area contributed by atoms with Crippen LogP contribution in [0.2, 0.25) is 0 Å². The third kappa shape index (κ3) is 5.84. The molecular formula is C19H14N4O5S. The highest BCUT2D eigenvalue weighted by molar-refractivity contribution is 7.99. The number of nitro groups is 1. The number of amides is 1. The van der Waals surface area contributed by atoms with Crippen LogP contribution in [-0.2, 0) is 9.53 Å². The van der Waals surface area contributed by atoms with Gasteiger partial charge in [0, 0.05) is 40.0 Å². The molecule has 0 bridgehead atoms. The van der Waals surface area contributed by atoms with Crippen molar-refractivity contribution in [2.24, 2.45) is 0 Å². The standard InChI is InChI=1S/C19H14N4O5S/c24-18(12-28-19(25)17-11-20-9-10-21-17)22-13-1-5-15(6-2-13)29-16-7-3-14(4-8-16)23(26)27/h1-11H,12H2,(H,22,24). The average Bonchev–Trinajstić information content (AvgIpc) is 2.74. The molecule has 3 rings (SSSR count). The fourth-order valence-corrected chi connectivity index (χ4v) is 3.00. The van der Waals surface area contributed by atoms with Crippen molar-refractivity contribution in [1.82, 2.24) is 9.97 Å². The van der Waals surface area contributed by atoms with Gasteiger partial charge in [0.15, 0.2) is 12.3 Å². The molecule has 1 aromatic heterocycles. The van der Waals surface area contributed by atoms with Crippen LogP contribution >= 0.6 is 11.8 Å². The lowest BCUT2D eigenvalue weighted by atomic mass is 10.3. The smallest absolute Gasteiger partial charge is 0.359 e. The van der Waals surface area contributed by atoms with Gasteiger partial charge >= 0.3 is 5.97 Å². The maximum atomic E-state index is 11.9. The first-order valence-electron chi connectivity index (χ1n) is 8.26. The molecule has 3 aromatic rings. The number of nitrogens with one attached hydrogen (secondary N) is 1. The largest absolute Gasteiger partial charge is 0.451 e. The normalized spacial score (nSPS) is 10.2. The minimum Gasteiger partial charge on any atom is -0.451 e. The first-order valence-corrected chi connectivity index (χ1v) is 9.08. The number of nitro benzene ring substituents is 1. The van der Waals surface area contributed by atoms with E-state index in [0.29, 0.717) is 5.69 Å². The zero-order valence-electron chi connectivity index (χ0n) is 14.8. The van der Waals surface area contributed by atoms with Crippen LogP contribution in [0.1, 0.15) is 10.5 Å². The molecule has 0 fully saturated rings. The van der Waals surface area contributed by atoms with Crippen LogP contribution in [0.4, 0.5) is 11.4 Å². The van der Waals surface area contributed by atoms with Crippen molar-refractivity contribution >= 4 is 35.0 Å². The van der Waals surface area contributed by atoms with E-state index in [1.54, 1.807) is 36.4 Å². The highest BCUT2D eigenvalue weighted by Crippen LogP contribution is 2.29. The van der Waals surface area contributed by atoms with Crippen LogP contribution < -0.4 is 5.32 Å². The highest BCUT2D eigenvalue weighted by Gasteiger charge is 2.12. The van der Waals surface area contributed by atoms with Crippen LogP contribution in [0.25, 0.3) is 0 Å². The van der Waals surface area contributed by atoms with Gasteiger partial charge in [-0.25, -0.2) is 9.78 Å². The summed E-state index contributed by atoms with van der Waals surface area (Å²) < 4.78 is 4.89. The van der Waals surface area contributed by atoms with Crippen LogP contribution in [0.3, 0.4) is 0 Å². The molecule has 0 radical (unpaired) electrons. The average molecular weight is 410 g/mol. The molecule has 29 heavy (non-hydrogen) atoms. The second kappa shape index (κ2) is 9.42. The maximum Gasteiger partial charge on any atom is 0.359 e. The zero-order valence-corrected chi connectivity index (χ0v) is 15.7. The summed E-state index contributed by atoms with van der Waals surface area (Å²) in [5, 5.41) is 13.3. The molecule has 9 nitrogen and oxygen atoms in total. The first kappa shape index (κ1) is 20.0. The number of non-ortho nitro benzene ring substituents is 1. The summed E-state index contributed by atoms with van der Waals surface area (Å²) in [6, 6.07) is 13.2. The summed E-state index contributed by atoms with van der Waals surface area (Å²) in [4.78, 5) is 43.2. The molecule has 2 aromatic carbocycles. The van der Waals surface area contributed by atoms with Gasteiger partial charge in [0.2, 0.25) is 0 Å². The Morgan fingerprint density at radius 2 is 1.69 bits per heavy atom. The van der Waals surface area contributed by atoms with Gasteiger partial charge in [0.05, 0.1) is 11.1 Å². The SMILES string of the molecule is O=C(COC(=O)c1cnccn1)Nc1ccc(Sc2ccc([N+](=O)[O-])cc2)cc1. The number of nitrogens with zero attached hydrogens (tertiary/aromatic N) is 3. The van der Waals surface area contributed by atoms with Crippen molar-refractivity contribution in [2.75, 3.05) is 11.9 Å². The molecule has 0 saturated heterocycles. The number of anilines is 1. The molecule has 0 aliphatic heterocycles. The molecule has 0 aliphatic carbocycles. The summed E-state index contributed by atoms with van der Waals surface area (Å²) in [6.45, 7) is -0.450. The zero-order chi connectivity index (χ0) is 20.6. The lowest BCUT2D eigenvalue weighted by Gasteiger charge is -2.07. The number of esters is 1. The molecule has 0 aliphatic rings. The Morgan fingerprint density at radius 1 is 1.03 bits per heavy atom.